The normalized spacial score (nSPS) is 14.3. The lowest BCUT2D eigenvalue weighted by atomic mass is 10.1. The number of benzene rings is 1. The summed E-state index contributed by atoms with van der Waals surface area (Å²) in [5.41, 5.74) is 2.96. The lowest BCUT2D eigenvalue weighted by Gasteiger charge is -2.19. The Bertz CT molecular complexity index is 872. The summed E-state index contributed by atoms with van der Waals surface area (Å²) in [6.07, 6.45) is 0.904. The number of carbonyl (C=O) groups is 1. The molecule has 0 unspecified atom stereocenters. The van der Waals surface area contributed by atoms with E-state index in [1.165, 1.54) is 11.3 Å². The summed E-state index contributed by atoms with van der Waals surface area (Å²) in [5.74, 6) is 0.101. The van der Waals surface area contributed by atoms with E-state index in [0.29, 0.717) is 11.6 Å². The Morgan fingerprint density at radius 2 is 2.08 bits per heavy atom. The first-order valence-electron chi connectivity index (χ1n) is 7.86. The van der Waals surface area contributed by atoms with Crippen LogP contribution in [0.3, 0.4) is 0 Å². The van der Waals surface area contributed by atoms with Gasteiger partial charge in [-0.15, -0.1) is 11.3 Å². The van der Waals surface area contributed by atoms with E-state index >= 15 is 0 Å². The molecule has 1 aliphatic rings. The summed E-state index contributed by atoms with van der Waals surface area (Å²) in [4.78, 5) is 15.3. The molecule has 1 amide bonds. The summed E-state index contributed by atoms with van der Waals surface area (Å²) in [5, 5.41) is 7.34. The Morgan fingerprint density at radius 3 is 2.88 bits per heavy atom. The van der Waals surface area contributed by atoms with Gasteiger partial charge in [-0.05, 0) is 36.1 Å². The summed E-state index contributed by atoms with van der Waals surface area (Å²) in [7, 11) is 0. The standard InChI is InChI=1S/C18H16ClN3OS/c19-14-5-1-4-13(10-14)16-11-15-12-21(7-3-8-22(15)20-16)18(23)17-6-2-9-24-17/h1-2,4-6,9-11H,3,7-8,12H2. The monoisotopic (exact) mass is 357 g/mol. The van der Waals surface area contributed by atoms with E-state index in [-0.39, 0.29) is 5.91 Å². The van der Waals surface area contributed by atoms with Crippen molar-refractivity contribution >= 4 is 28.8 Å². The van der Waals surface area contributed by atoms with Crippen LogP contribution >= 0.6 is 22.9 Å². The predicted molar refractivity (Wildman–Crippen MR) is 96.3 cm³/mol. The number of hydrogen-bond donors (Lipinski definition) is 0. The highest BCUT2D eigenvalue weighted by Gasteiger charge is 2.22. The average Bonchev–Trinajstić information content (AvgIpc) is 3.20. The van der Waals surface area contributed by atoms with Crippen LogP contribution in [0.2, 0.25) is 5.02 Å². The molecule has 24 heavy (non-hydrogen) atoms. The van der Waals surface area contributed by atoms with Crippen LogP contribution in [-0.2, 0) is 13.1 Å². The van der Waals surface area contributed by atoms with Crippen molar-refractivity contribution < 1.29 is 4.79 Å². The lowest BCUT2D eigenvalue weighted by Crippen LogP contribution is -2.30. The van der Waals surface area contributed by atoms with Gasteiger partial charge in [0.15, 0.2) is 0 Å². The fourth-order valence-electron chi connectivity index (χ4n) is 2.98. The largest absolute Gasteiger partial charge is 0.332 e. The fraction of sp³-hybridized carbons (Fsp3) is 0.222. The Kier molecular flexibility index (Phi) is 4.12. The Hall–Kier alpha value is -2.11. The third-order valence-corrected chi connectivity index (χ3v) is 5.25. The molecule has 1 aliphatic heterocycles. The van der Waals surface area contributed by atoms with E-state index in [1.807, 2.05) is 51.4 Å². The molecule has 0 saturated carbocycles. The summed E-state index contributed by atoms with van der Waals surface area (Å²) >= 11 is 7.57. The quantitative estimate of drug-likeness (QED) is 0.685. The lowest BCUT2D eigenvalue weighted by molar-refractivity contribution is 0.0750. The van der Waals surface area contributed by atoms with Crippen molar-refractivity contribution in [1.82, 2.24) is 14.7 Å². The van der Waals surface area contributed by atoms with Crippen LogP contribution in [0.15, 0.2) is 47.8 Å². The second-order valence-corrected chi connectivity index (χ2v) is 7.20. The Labute approximate surface area is 149 Å². The number of nitrogens with zero attached hydrogens (tertiary/aromatic N) is 3. The third-order valence-electron chi connectivity index (χ3n) is 4.15. The van der Waals surface area contributed by atoms with Crippen molar-refractivity contribution in [3.63, 3.8) is 0 Å². The number of aryl methyl sites for hydroxylation is 1. The average molecular weight is 358 g/mol. The Balaban J connectivity index is 1.62. The number of rotatable bonds is 2. The van der Waals surface area contributed by atoms with Gasteiger partial charge in [0.25, 0.3) is 5.91 Å². The summed E-state index contributed by atoms with van der Waals surface area (Å²) < 4.78 is 2.01. The van der Waals surface area contributed by atoms with Crippen molar-refractivity contribution in [2.24, 2.45) is 0 Å². The van der Waals surface area contributed by atoms with Crippen molar-refractivity contribution in [2.45, 2.75) is 19.5 Å². The minimum absolute atomic E-state index is 0.101. The van der Waals surface area contributed by atoms with Gasteiger partial charge in [-0.2, -0.15) is 5.10 Å². The van der Waals surface area contributed by atoms with Crippen molar-refractivity contribution in [3.05, 3.63) is 63.4 Å². The second-order valence-electron chi connectivity index (χ2n) is 5.81. The summed E-state index contributed by atoms with van der Waals surface area (Å²) in [6.45, 7) is 2.17. The zero-order valence-corrected chi connectivity index (χ0v) is 14.6. The van der Waals surface area contributed by atoms with Crippen molar-refractivity contribution in [3.8, 4) is 11.3 Å². The first-order chi connectivity index (χ1) is 11.7. The van der Waals surface area contributed by atoms with Crippen molar-refractivity contribution in [2.75, 3.05) is 6.54 Å². The third kappa shape index (κ3) is 2.97. The predicted octanol–water partition coefficient (Wildman–Crippen LogP) is 4.31. The van der Waals surface area contributed by atoms with Crippen molar-refractivity contribution in [1.29, 1.82) is 0 Å². The highest BCUT2D eigenvalue weighted by molar-refractivity contribution is 7.12. The molecule has 4 rings (SSSR count). The van der Waals surface area contributed by atoms with Crippen LogP contribution in [0.25, 0.3) is 11.3 Å². The molecule has 122 valence electrons. The molecule has 6 heteroatoms. The number of aromatic nitrogens is 2. The maximum atomic E-state index is 12.6. The Morgan fingerprint density at radius 1 is 1.17 bits per heavy atom. The van der Waals surface area contributed by atoms with Gasteiger partial charge in [-0.3, -0.25) is 9.48 Å². The van der Waals surface area contributed by atoms with E-state index in [1.54, 1.807) is 0 Å². The first-order valence-corrected chi connectivity index (χ1v) is 9.12. The number of fused-ring (bicyclic) bond motifs is 1. The van der Waals surface area contributed by atoms with Crippen LogP contribution in [0, 0.1) is 0 Å². The summed E-state index contributed by atoms with van der Waals surface area (Å²) in [6, 6.07) is 13.6. The van der Waals surface area contributed by atoms with E-state index in [4.69, 9.17) is 16.7 Å². The SMILES string of the molecule is O=C(c1cccs1)N1CCCn2nc(-c3cccc(Cl)c3)cc2C1. The number of thiophene rings is 1. The van der Waals surface area contributed by atoms with Gasteiger partial charge < -0.3 is 4.90 Å². The molecule has 0 radical (unpaired) electrons. The first kappa shape index (κ1) is 15.4. The molecule has 3 heterocycles. The van der Waals surface area contributed by atoms with Gasteiger partial charge in [0, 0.05) is 23.7 Å². The molecule has 0 fully saturated rings. The molecule has 4 nitrogen and oxygen atoms in total. The molecule has 0 atom stereocenters. The highest BCUT2D eigenvalue weighted by Crippen LogP contribution is 2.25. The molecule has 3 aromatic rings. The van der Waals surface area contributed by atoms with Crippen LogP contribution in [-0.4, -0.2) is 27.1 Å². The van der Waals surface area contributed by atoms with Gasteiger partial charge >= 0.3 is 0 Å². The zero-order valence-electron chi connectivity index (χ0n) is 13.0. The maximum absolute atomic E-state index is 12.6. The molecule has 1 aromatic carbocycles. The van der Waals surface area contributed by atoms with Crippen LogP contribution < -0.4 is 0 Å². The molecule has 0 N–H and O–H groups in total. The molecular weight excluding hydrogens is 342 g/mol. The van der Waals surface area contributed by atoms with Gasteiger partial charge in [0.1, 0.15) is 0 Å². The fourth-order valence-corrected chi connectivity index (χ4v) is 3.86. The smallest absolute Gasteiger partial charge is 0.264 e. The van der Waals surface area contributed by atoms with Gasteiger partial charge in [0.2, 0.25) is 0 Å². The molecule has 0 saturated heterocycles. The van der Waals surface area contributed by atoms with Crippen LogP contribution in [0.5, 0.6) is 0 Å². The van der Waals surface area contributed by atoms with Gasteiger partial charge in [-0.25, -0.2) is 0 Å². The molecule has 0 aliphatic carbocycles. The topological polar surface area (TPSA) is 38.1 Å². The molecule has 0 bridgehead atoms. The van der Waals surface area contributed by atoms with E-state index in [2.05, 4.69) is 6.07 Å². The van der Waals surface area contributed by atoms with Gasteiger partial charge in [0.05, 0.1) is 22.8 Å². The van der Waals surface area contributed by atoms with Crippen LogP contribution in [0.1, 0.15) is 21.8 Å². The van der Waals surface area contributed by atoms with E-state index < -0.39 is 0 Å². The number of carbonyl (C=O) groups excluding carboxylic acids is 1. The molecule has 0 spiro atoms. The number of hydrogen-bond acceptors (Lipinski definition) is 3. The molecular formula is C18H16ClN3OS. The van der Waals surface area contributed by atoms with Gasteiger partial charge in [-0.1, -0.05) is 29.8 Å². The van der Waals surface area contributed by atoms with E-state index in [9.17, 15) is 4.79 Å². The second kappa shape index (κ2) is 6.42. The highest BCUT2D eigenvalue weighted by atomic mass is 35.5. The molecule has 2 aromatic heterocycles. The minimum Gasteiger partial charge on any atom is -0.332 e. The minimum atomic E-state index is 0.101. The van der Waals surface area contributed by atoms with Crippen LogP contribution in [0.4, 0.5) is 0 Å². The zero-order chi connectivity index (χ0) is 16.5. The number of halogens is 1. The maximum Gasteiger partial charge on any atom is 0.264 e. The van der Waals surface area contributed by atoms with E-state index in [0.717, 1.165) is 41.3 Å². The number of amides is 1.